The molecule has 1 fully saturated rings. The highest BCUT2D eigenvalue weighted by Crippen LogP contribution is 2.32. The van der Waals surface area contributed by atoms with Crippen molar-refractivity contribution in [3.05, 3.63) is 66.8 Å². The van der Waals surface area contributed by atoms with Gasteiger partial charge in [-0.3, -0.25) is 4.90 Å². The second-order valence-corrected chi connectivity index (χ2v) is 7.10. The van der Waals surface area contributed by atoms with E-state index in [1.807, 2.05) is 36.2 Å². The second-order valence-electron chi connectivity index (χ2n) is 7.10. The Balaban J connectivity index is 1.47. The fourth-order valence-corrected chi connectivity index (χ4v) is 3.80. The Morgan fingerprint density at radius 1 is 1.00 bits per heavy atom. The summed E-state index contributed by atoms with van der Waals surface area (Å²) in [6, 6.07) is 13.4. The smallest absolute Gasteiger partial charge is 0.369 e. The van der Waals surface area contributed by atoms with Crippen molar-refractivity contribution >= 4 is 16.7 Å². The van der Waals surface area contributed by atoms with E-state index in [1.165, 1.54) is 12.1 Å². The van der Waals surface area contributed by atoms with Gasteiger partial charge in [-0.05, 0) is 37.3 Å². The highest BCUT2D eigenvalue weighted by Gasteiger charge is 2.31. The molecule has 7 heteroatoms. The van der Waals surface area contributed by atoms with Crippen LogP contribution in [0.5, 0.6) is 0 Å². The molecule has 0 spiro atoms. The molecule has 4 rings (SSSR count). The molecule has 2 aromatic carbocycles. The molecule has 2 heterocycles. The van der Waals surface area contributed by atoms with Crippen LogP contribution in [0.3, 0.4) is 0 Å². The van der Waals surface area contributed by atoms with Crippen LogP contribution in [0.4, 0.5) is 18.9 Å². The molecule has 1 aromatic heterocycles. The second kappa shape index (κ2) is 7.13. The predicted molar refractivity (Wildman–Crippen MR) is 104 cm³/mol. The van der Waals surface area contributed by atoms with Crippen molar-refractivity contribution in [3.8, 4) is 0 Å². The zero-order valence-corrected chi connectivity index (χ0v) is 15.7. The van der Waals surface area contributed by atoms with Gasteiger partial charge in [0.15, 0.2) is 0 Å². The first-order chi connectivity index (χ1) is 13.3. The number of anilines is 1. The third-order valence-corrected chi connectivity index (χ3v) is 5.41. The maximum Gasteiger partial charge on any atom is 0.416 e. The first kappa shape index (κ1) is 18.8. The Bertz CT molecular complexity index is 971. The molecule has 4 nitrogen and oxygen atoms in total. The SMILES string of the molecule is [CH2]C(c1nc2ccccc2n1C)N1CCN(c2cccc(C(F)(F)F)c2)CC1. The molecule has 1 radical (unpaired) electrons. The van der Waals surface area contributed by atoms with Gasteiger partial charge in [0, 0.05) is 38.9 Å². The van der Waals surface area contributed by atoms with E-state index in [1.54, 1.807) is 6.07 Å². The Morgan fingerprint density at radius 2 is 1.71 bits per heavy atom. The summed E-state index contributed by atoms with van der Waals surface area (Å²) in [6.45, 7) is 7.04. The summed E-state index contributed by atoms with van der Waals surface area (Å²) in [5, 5.41) is 0. The van der Waals surface area contributed by atoms with Crippen LogP contribution in [0.15, 0.2) is 48.5 Å². The standard InChI is InChI=1S/C21H22F3N4/c1-15(20-25-18-8-3-4-9-19(18)26(20)2)27-10-12-28(13-11-27)17-7-5-6-16(14-17)21(22,23)24/h3-9,14-15H,1,10-13H2,2H3. The first-order valence-corrected chi connectivity index (χ1v) is 9.25. The minimum atomic E-state index is -4.32. The highest BCUT2D eigenvalue weighted by atomic mass is 19.4. The third-order valence-electron chi connectivity index (χ3n) is 5.41. The Kier molecular flexibility index (Phi) is 4.79. The molecule has 1 atom stereocenters. The lowest BCUT2D eigenvalue weighted by Gasteiger charge is -2.39. The van der Waals surface area contributed by atoms with E-state index >= 15 is 0 Å². The fraction of sp³-hybridized carbons (Fsp3) is 0.333. The Morgan fingerprint density at radius 3 is 2.39 bits per heavy atom. The zero-order chi connectivity index (χ0) is 19.9. The van der Waals surface area contributed by atoms with Gasteiger partial charge in [0.2, 0.25) is 0 Å². The molecular weight excluding hydrogens is 365 g/mol. The van der Waals surface area contributed by atoms with Gasteiger partial charge in [-0.25, -0.2) is 4.98 Å². The molecule has 1 saturated heterocycles. The van der Waals surface area contributed by atoms with Crippen molar-refractivity contribution in [2.24, 2.45) is 7.05 Å². The summed E-state index contributed by atoms with van der Waals surface area (Å²) >= 11 is 0. The Hall–Kier alpha value is -2.54. The van der Waals surface area contributed by atoms with Crippen LogP contribution < -0.4 is 4.90 Å². The topological polar surface area (TPSA) is 24.3 Å². The van der Waals surface area contributed by atoms with Gasteiger partial charge in [-0.2, -0.15) is 13.2 Å². The van der Waals surface area contributed by atoms with Crippen LogP contribution in [-0.2, 0) is 13.2 Å². The number of aromatic nitrogens is 2. The largest absolute Gasteiger partial charge is 0.416 e. The average Bonchev–Trinajstić information content (AvgIpc) is 3.04. The maximum absolute atomic E-state index is 13.0. The van der Waals surface area contributed by atoms with Gasteiger partial charge in [0.05, 0.1) is 22.6 Å². The van der Waals surface area contributed by atoms with Crippen molar-refractivity contribution in [1.29, 1.82) is 0 Å². The third kappa shape index (κ3) is 3.46. The summed E-state index contributed by atoms with van der Waals surface area (Å²) in [7, 11) is 1.99. The van der Waals surface area contributed by atoms with Crippen molar-refractivity contribution in [2.75, 3.05) is 31.1 Å². The summed E-state index contributed by atoms with van der Waals surface area (Å²) in [5.74, 6) is 0.897. The van der Waals surface area contributed by atoms with Crippen LogP contribution in [-0.4, -0.2) is 40.6 Å². The Labute approximate surface area is 162 Å². The molecule has 147 valence electrons. The monoisotopic (exact) mass is 387 g/mol. The number of para-hydroxylation sites is 2. The number of hydrogen-bond donors (Lipinski definition) is 0. The molecule has 1 unspecified atom stereocenters. The highest BCUT2D eigenvalue weighted by molar-refractivity contribution is 5.75. The molecule has 0 aliphatic carbocycles. The number of hydrogen-bond acceptors (Lipinski definition) is 3. The number of fused-ring (bicyclic) bond motifs is 1. The lowest BCUT2D eigenvalue weighted by molar-refractivity contribution is -0.137. The van der Waals surface area contributed by atoms with Crippen LogP contribution in [0.25, 0.3) is 11.0 Å². The number of piperazine rings is 1. The number of alkyl halides is 3. The molecule has 28 heavy (non-hydrogen) atoms. The van der Waals surface area contributed by atoms with Crippen molar-refractivity contribution < 1.29 is 13.2 Å². The number of aryl methyl sites for hydroxylation is 1. The van der Waals surface area contributed by atoms with E-state index in [0.29, 0.717) is 31.9 Å². The predicted octanol–water partition coefficient (Wildman–Crippen LogP) is 4.29. The molecule has 0 amide bonds. The van der Waals surface area contributed by atoms with Crippen LogP contribution in [0, 0.1) is 6.92 Å². The van der Waals surface area contributed by atoms with Crippen LogP contribution in [0.1, 0.15) is 17.4 Å². The summed E-state index contributed by atoms with van der Waals surface area (Å²) in [4.78, 5) is 8.94. The number of halogens is 3. The lowest BCUT2D eigenvalue weighted by atomic mass is 10.1. The van der Waals surface area contributed by atoms with Crippen LogP contribution >= 0.6 is 0 Å². The van der Waals surface area contributed by atoms with E-state index in [4.69, 9.17) is 4.98 Å². The normalized spacial score (nSPS) is 17.2. The van der Waals surface area contributed by atoms with Gasteiger partial charge in [-0.15, -0.1) is 0 Å². The summed E-state index contributed by atoms with van der Waals surface area (Å²) in [6.07, 6.45) is -4.32. The van der Waals surface area contributed by atoms with Gasteiger partial charge in [0.25, 0.3) is 0 Å². The van der Waals surface area contributed by atoms with E-state index < -0.39 is 11.7 Å². The van der Waals surface area contributed by atoms with Gasteiger partial charge < -0.3 is 9.47 Å². The average molecular weight is 387 g/mol. The van der Waals surface area contributed by atoms with E-state index in [-0.39, 0.29) is 6.04 Å². The fourth-order valence-electron chi connectivity index (χ4n) is 3.80. The number of imidazole rings is 1. The van der Waals surface area contributed by atoms with Crippen molar-refractivity contribution in [3.63, 3.8) is 0 Å². The lowest BCUT2D eigenvalue weighted by Crippen LogP contribution is -2.47. The summed E-state index contributed by atoms with van der Waals surface area (Å²) in [5.41, 5.74) is 2.00. The minimum absolute atomic E-state index is 0.110. The molecule has 3 aromatic rings. The van der Waals surface area contributed by atoms with Gasteiger partial charge >= 0.3 is 6.18 Å². The van der Waals surface area contributed by atoms with E-state index in [0.717, 1.165) is 22.9 Å². The molecule has 0 saturated carbocycles. The first-order valence-electron chi connectivity index (χ1n) is 9.25. The van der Waals surface area contributed by atoms with Crippen LogP contribution in [0.2, 0.25) is 0 Å². The number of benzene rings is 2. The van der Waals surface area contributed by atoms with Crippen molar-refractivity contribution in [2.45, 2.75) is 12.2 Å². The summed E-state index contributed by atoms with van der Waals surface area (Å²) < 4.78 is 41.0. The number of nitrogens with zero attached hydrogens (tertiary/aromatic N) is 4. The van der Waals surface area contributed by atoms with E-state index in [2.05, 4.69) is 16.4 Å². The van der Waals surface area contributed by atoms with Gasteiger partial charge in [-0.1, -0.05) is 18.2 Å². The maximum atomic E-state index is 13.0. The number of rotatable bonds is 3. The molecule has 1 aliphatic rings. The quantitative estimate of drug-likeness (QED) is 0.670. The minimum Gasteiger partial charge on any atom is -0.369 e. The van der Waals surface area contributed by atoms with E-state index in [9.17, 15) is 13.2 Å². The molecule has 0 N–H and O–H groups in total. The molecule has 0 bridgehead atoms. The zero-order valence-electron chi connectivity index (χ0n) is 15.7. The molecular formula is C21H22F3N4. The van der Waals surface area contributed by atoms with Gasteiger partial charge in [0.1, 0.15) is 5.82 Å². The molecule has 1 aliphatic heterocycles. The van der Waals surface area contributed by atoms with Crippen molar-refractivity contribution in [1.82, 2.24) is 14.5 Å².